The van der Waals surface area contributed by atoms with Gasteiger partial charge in [-0.2, -0.15) is 0 Å². The van der Waals surface area contributed by atoms with Gasteiger partial charge in [0, 0.05) is 20.0 Å². The van der Waals surface area contributed by atoms with Gasteiger partial charge in [-0.15, -0.1) is 0 Å². The van der Waals surface area contributed by atoms with Crippen LogP contribution < -0.4 is 0 Å². The van der Waals surface area contributed by atoms with Gasteiger partial charge in [0.15, 0.2) is 0 Å². The molecule has 1 saturated heterocycles. The number of carbonyl (C=O) groups is 2. The normalized spacial score (nSPS) is 28.9. The summed E-state index contributed by atoms with van der Waals surface area (Å²) in [7, 11) is 0. The molecular weight excluding hydrogens is 182 g/mol. The Kier molecular flexibility index (Phi) is 2.01. The number of hydrogen-bond donors (Lipinski definition) is 1. The maximum Gasteiger partial charge on any atom is 0.307 e. The van der Waals surface area contributed by atoms with Crippen molar-refractivity contribution < 1.29 is 14.7 Å². The highest BCUT2D eigenvalue weighted by Crippen LogP contribution is 2.59. The van der Waals surface area contributed by atoms with E-state index in [9.17, 15) is 9.59 Å². The number of carbonyl (C=O) groups excluding carboxylic acids is 1. The molecule has 0 radical (unpaired) electrons. The Bertz CT molecular complexity index is 279. The standard InChI is InChI=1S/C10H15NO3/c1-7(12)11-4-2-10(3-5-11)6-8(10)9(13)14/h8H,2-6H2,1H3,(H,13,14). The minimum Gasteiger partial charge on any atom is -0.481 e. The van der Waals surface area contributed by atoms with Crippen molar-refractivity contribution in [3.63, 3.8) is 0 Å². The lowest BCUT2D eigenvalue weighted by Gasteiger charge is -2.31. The van der Waals surface area contributed by atoms with E-state index in [0.29, 0.717) is 0 Å². The first-order valence-electron chi connectivity index (χ1n) is 5.03. The average molecular weight is 197 g/mol. The Balaban J connectivity index is 1.92. The third-order valence-corrected chi connectivity index (χ3v) is 3.69. The highest BCUT2D eigenvalue weighted by Gasteiger charge is 2.58. The van der Waals surface area contributed by atoms with Crippen LogP contribution in [0.25, 0.3) is 0 Å². The van der Waals surface area contributed by atoms with E-state index >= 15 is 0 Å². The molecule has 1 atom stereocenters. The van der Waals surface area contributed by atoms with Gasteiger partial charge in [-0.05, 0) is 24.7 Å². The SMILES string of the molecule is CC(=O)N1CCC2(CC1)CC2C(=O)O. The van der Waals surface area contributed by atoms with Gasteiger partial charge in [0.2, 0.25) is 5.91 Å². The molecule has 0 aromatic carbocycles. The Morgan fingerprint density at radius 3 is 2.29 bits per heavy atom. The molecule has 1 aliphatic carbocycles. The van der Waals surface area contributed by atoms with Crippen LogP contribution in [0.5, 0.6) is 0 Å². The zero-order valence-electron chi connectivity index (χ0n) is 8.32. The fourth-order valence-electron chi connectivity index (χ4n) is 2.52. The summed E-state index contributed by atoms with van der Waals surface area (Å²) < 4.78 is 0. The molecule has 78 valence electrons. The van der Waals surface area contributed by atoms with Crippen molar-refractivity contribution in [2.75, 3.05) is 13.1 Å². The Labute approximate surface area is 82.9 Å². The maximum absolute atomic E-state index is 11.1. The molecule has 14 heavy (non-hydrogen) atoms. The number of aliphatic carboxylic acids is 1. The van der Waals surface area contributed by atoms with Crippen molar-refractivity contribution in [3.05, 3.63) is 0 Å². The van der Waals surface area contributed by atoms with Gasteiger partial charge in [0.25, 0.3) is 0 Å². The molecule has 1 aliphatic heterocycles. The Hall–Kier alpha value is -1.06. The zero-order valence-corrected chi connectivity index (χ0v) is 8.32. The van der Waals surface area contributed by atoms with Crippen molar-refractivity contribution >= 4 is 11.9 Å². The molecule has 0 aromatic rings. The van der Waals surface area contributed by atoms with Crippen LogP contribution in [0, 0.1) is 11.3 Å². The van der Waals surface area contributed by atoms with Crippen molar-refractivity contribution in [1.29, 1.82) is 0 Å². The number of carboxylic acids is 1. The van der Waals surface area contributed by atoms with Crippen molar-refractivity contribution in [2.45, 2.75) is 26.2 Å². The summed E-state index contributed by atoms with van der Waals surface area (Å²) in [6.45, 7) is 3.04. The van der Waals surface area contributed by atoms with E-state index in [2.05, 4.69) is 0 Å². The smallest absolute Gasteiger partial charge is 0.307 e. The maximum atomic E-state index is 11.1. The lowest BCUT2D eigenvalue weighted by atomic mass is 9.91. The number of amides is 1. The van der Waals surface area contributed by atoms with Gasteiger partial charge in [0.05, 0.1) is 5.92 Å². The van der Waals surface area contributed by atoms with Crippen LogP contribution in [0.15, 0.2) is 0 Å². The summed E-state index contributed by atoms with van der Waals surface area (Å²) in [4.78, 5) is 23.6. The molecule has 1 unspecified atom stereocenters. The lowest BCUT2D eigenvalue weighted by molar-refractivity contribution is -0.139. The Morgan fingerprint density at radius 1 is 1.36 bits per heavy atom. The summed E-state index contributed by atoms with van der Waals surface area (Å²) in [6, 6.07) is 0. The van der Waals surface area contributed by atoms with Gasteiger partial charge in [-0.1, -0.05) is 0 Å². The highest BCUT2D eigenvalue weighted by atomic mass is 16.4. The van der Waals surface area contributed by atoms with E-state index in [1.165, 1.54) is 0 Å². The third kappa shape index (κ3) is 1.38. The minimum atomic E-state index is -0.665. The zero-order chi connectivity index (χ0) is 10.3. The Morgan fingerprint density at radius 2 is 1.93 bits per heavy atom. The third-order valence-electron chi connectivity index (χ3n) is 3.69. The van der Waals surface area contributed by atoms with Crippen LogP contribution in [0.2, 0.25) is 0 Å². The molecule has 4 heteroatoms. The molecule has 1 amide bonds. The number of nitrogens with zero attached hydrogens (tertiary/aromatic N) is 1. The van der Waals surface area contributed by atoms with E-state index in [-0.39, 0.29) is 17.2 Å². The van der Waals surface area contributed by atoms with E-state index in [1.54, 1.807) is 6.92 Å². The van der Waals surface area contributed by atoms with Gasteiger partial charge in [-0.3, -0.25) is 9.59 Å². The second-order valence-electron chi connectivity index (χ2n) is 4.46. The molecule has 1 N–H and O–H groups in total. The van der Waals surface area contributed by atoms with Gasteiger partial charge >= 0.3 is 5.97 Å². The molecule has 2 aliphatic rings. The van der Waals surface area contributed by atoms with Crippen molar-refractivity contribution in [3.8, 4) is 0 Å². The largest absolute Gasteiger partial charge is 0.481 e. The van der Waals surface area contributed by atoms with Crippen LogP contribution in [0.4, 0.5) is 0 Å². The van der Waals surface area contributed by atoms with Crippen LogP contribution in [0.3, 0.4) is 0 Å². The van der Waals surface area contributed by atoms with E-state index in [1.807, 2.05) is 4.90 Å². The topological polar surface area (TPSA) is 57.6 Å². The van der Waals surface area contributed by atoms with E-state index in [4.69, 9.17) is 5.11 Å². The molecule has 4 nitrogen and oxygen atoms in total. The highest BCUT2D eigenvalue weighted by molar-refractivity contribution is 5.75. The summed E-state index contributed by atoms with van der Waals surface area (Å²) in [5.41, 5.74) is 0.0395. The van der Waals surface area contributed by atoms with E-state index in [0.717, 1.165) is 32.4 Å². The molecule has 0 aromatic heterocycles. The quantitative estimate of drug-likeness (QED) is 0.673. The van der Waals surface area contributed by atoms with Crippen molar-refractivity contribution in [2.24, 2.45) is 11.3 Å². The summed E-state index contributed by atoms with van der Waals surface area (Å²) >= 11 is 0. The first kappa shape index (κ1) is 9.49. The summed E-state index contributed by atoms with van der Waals surface area (Å²) in [5, 5.41) is 8.87. The fourth-order valence-corrected chi connectivity index (χ4v) is 2.52. The summed E-state index contributed by atoms with van der Waals surface area (Å²) in [6.07, 6.45) is 2.54. The molecule has 2 fully saturated rings. The van der Waals surface area contributed by atoms with Crippen LogP contribution in [-0.2, 0) is 9.59 Å². The molecule has 0 bridgehead atoms. The van der Waals surface area contributed by atoms with Crippen LogP contribution in [0.1, 0.15) is 26.2 Å². The molecule has 1 heterocycles. The number of likely N-dealkylation sites (tertiary alicyclic amines) is 1. The van der Waals surface area contributed by atoms with Gasteiger partial charge < -0.3 is 10.0 Å². The minimum absolute atomic E-state index is 0.0395. The van der Waals surface area contributed by atoms with Crippen LogP contribution >= 0.6 is 0 Å². The first-order valence-corrected chi connectivity index (χ1v) is 5.03. The molecule has 1 saturated carbocycles. The lowest BCUT2D eigenvalue weighted by Crippen LogP contribution is -2.38. The summed E-state index contributed by atoms with van der Waals surface area (Å²) in [5.74, 6) is -0.703. The van der Waals surface area contributed by atoms with Crippen LogP contribution in [-0.4, -0.2) is 35.0 Å². The second kappa shape index (κ2) is 2.97. The number of carboxylic acid groups (broad SMARTS) is 1. The average Bonchev–Trinajstić information content (AvgIpc) is 2.80. The predicted octanol–water partition coefficient (Wildman–Crippen LogP) is 0.720. The van der Waals surface area contributed by atoms with E-state index < -0.39 is 5.97 Å². The number of rotatable bonds is 1. The fraction of sp³-hybridized carbons (Fsp3) is 0.800. The monoisotopic (exact) mass is 197 g/mol. The predicted molar refractivity (Wildman–Crippen MR) is 49.7 cm³/mol. The molecule has 1 spiro atoms. The molecular formula is C10H15NO3. The first-order chi connectivity index (χ1) is 6.55. The van der Waals surface area contributed by atoms with Gasteiger partial charge in [-0.25, -0.2) is 0 Å². The molecule has 2 rings (SSSR count). The van der Waals surface area contributed by atoms with Crippen molar-refractivity contribution in [1.82, 2.24) is 4.90 Å². The number of piperidine rings is 1. The second-order valence-corrected chi connectivity index (χ2v) is 4.46. The van der Waals surface area contributed by atoms with Gasteiger partial charge in [0.1, 0.15) is 0 Å². The number of hydrogen-bond acceptors (Lipinski definition) is 2.